The average molecular weight is 155 g/mol. The number of aromatic amines is 1. The normalized spacial score (nSPS) is 9.64. The van der Waals surface area contributed by atoms with Crippen LogP contribution in [-0.4, -0.2) is 22.1 Å². The van der Waals surface area contributed by atoms with Crippen molar-refractivity contribution in [2.45, 2.75) is 6.92 Å². The Morgan fingerprint density at radius 1 is 1.64 bits per heavy atom. The maximum Gasteiger partial charge on any atom is 0.278 e. The number of nitrogens with one attached hydrogen (secondary N) is 2. The van der Waals surface area contributed by atoms with Crippen molar-refractivity contribution < 1.29 is 5.11 Å². The minimum atomic E-state index is -0.363. The summed E-state index contributed by atoms with van der Waals surface area (Å²) in [4.78, 5) is 17.1. The SMILES string of the molecule is CNc1c(O)nc(C)[nH]c1=O. The summed E-state index contributed by atoms with van der Waals surface area (Å²) in [5.74, 6) is 0.125. The number of nitrogens with zero attached hydrogens (tertiary/aromatic N) is 1. The fraction of sp³-hybridized carbons (Fsp3) is 0.333. The zero-order chi connectivity index (χ0) is 8.43. The third kappa shape index (κ3) is 1.31. The quantitative estimate of drug-likeness (QED) is 0.526. The van der Waals surface area contributed by atoms with Crippen LogP contribution in [0.2, 0.25) is 0 Å². The monoisotopic (exact) mass is 155 g/mol. The molecule has 0 saturated carbocycles. The largest absolute Gasteiger partial charge is 0.492 e. The van der Waals surface area contributed by atoms with E-state index in [-0.39, 0.29) is 17.1 Å². The van der Waals surface area contributed by atoms with Gasteiger partial charge in [-0.15, -0.1) is 0 Å². The summed E-state index contributed by atoms with van der Waals surface area (Å²) in [7, 11) is 1.54. The number of H-pyrrole nitrogens is 1. The van der Waals surface area contributed by atoms with Crippen molar-refractivity contribution in [2.75, 3.05) is 12.4 Å². The molecule has 0 aliphatic carbocycles. The summed E-state index contributed by atoms with van der Waals surface area (Å²) < 4.78 is 0. The van der Waals surface area contributed by atoms with Crippen LogP contribution in [0.4, 0.5) is 5.69 Å². The van der Waals surface area contributed by atoms with E-state index < -0.39 is 0 Å². The third-order valence-electron chi connectivity index (χ3n) is 1.27. The van der Waals surface area contributed by atoms with E-state index in [0.717, 1.165) is 0 Å². The first kappa shape index (κ1) is 7.59. The molecule has 1 aromatic heterocycles. The Morgan fingerprint density at radius 3 is 2.73 bits per heavy atom. The molecule has 11 heavy (non-hydrogen) atoms. The van der Waals surface area contributed by atoms with Crippen LogP contribution in [0.3, 0.4) is 0 Å². The number of aryl methyl sites for hydroxylation is 1. The van der Waals surface area contributed by atoms with Gasteiger partial charge in [0.2, 0.25) is 5.88 Å². The van der Waals surface area contributed by atoms with E-state index in [2.05, 4.69) is 15.3 Å². The first-order valence-electron chi connectivity index (χ1n) is 3.12. The van der Waals surface area contributed by atoms with E-state index in [1.807, 2.05) is 0 Å². The van der Waals surface area contributed by atoms with Gasteiger partial charge in [-0.3, -0.25) is 4.79 Å². The van der Waals surface area contributed by atoms with Crippen LogP contribution in [0.1, 0.15) is 5.82 Å². The summed E-state index contributed by atoms with van der Waals surface area (Å²) in [6.45, 7) is 1.60. The molecule has 0 aliphatic heterocycles. The number of anilines is 1. The van der Waals surface area contributed by atoms with Crippen molar-refractivity contribution in [3.8, 4) is 5.88 Å². The molecule has 0 aromatic carbocycles. The van der Waals surface area contributed by atoms with Gasteiger partial charge in [0.05, 0.1) is 0 Å². The second-order valence-electron chi connectivity index (χ2n) is 2.10. The van der Waals surface area contributed by atoms with Crippen LogP contribution in [0.15, 0.2) is 4.79 Å². The number of rotatable bonds is 1. The van der Waals surface area contributed by atoms with Crippen LogP contribution in [-0.2, 0) is 0 Å². The highest BCUT2D eigenvalue weighted by molar-refractivity contribution is 5.48. The summed E-state index contributed by atoms with van der Waals surface area (Å²) in [5, 5.41) is 11.6. The molecule has 5 heteroatoms. The van der Waals surface area contributed by atoms with Crippen LogP contribution in [0, 0.1) is 6.92 Å². The van der Waals surface area contributed by atoms with Gasteiger partial charge in [-0.25, -0.2) is 0 Å². The van der Waals surface area contributed by atoms with Gasteiger partial charge >= 0.3 is 0 Å². The standard InChI is InChI=1S/C6H9N3O2/c1-3-8-5(10)4(7-2)6(11)9-3/h7H,1-2H3,(H2,8,9,10,11). The Bertz CT molecular complexity index is 318. The summed E-state index contributed by atoms with van der Waals surface area (Å²) in [6, 6.07) is 0. The molecule has 0 amide bonds. The van der Waals surface area contributed by atoms with E-state index in [9.17, 15) is 4.79 Å². The van der Waals surface area contributed by atoms with Gasteiger partial charge in [0.15, 0.2) is 5.69 Å². The van der Waals surface area contributed by atoms with Gasteiger partial charge in [0.25, 0.3) is 5.56 Å². The number of aromatic hydroxyl groups is 1. The van der Waals surface area contributed by atoms with Crippen LogP contribution in [0.5, 0.6) is 5.88 Å². The van der Waals surface area contributed by atoms with Gasteiger partial charge in [-0.05, 0) is 6.92 Å². The maximum atomic E-state index is 11.0. The zero-order valence-corrected chi connectivity index (χ0v) is 6.30. The average Bonchev–Trinajstić information content (AvgIpc) is 1.85. The summed E-state index contributed by atoms with van der Waals surface area (Å²) >= 11 is 0. The minimum Gasteiger partial charge on any atom is -0.492 e. The zero-order valence-electron chi connectivity index (χ0n) is 6.30. The topological polar surface area (TPSA) is 78.0 Å². The molecule has 5 nitrogen and oxygen atoms in total. The summed E-state index contributed by atoms with van der Waals surface area (Å²) in [5.41, 5.74) is -0.270. The highest BCUT2D eigenvalue weighted by Gasteiger charge is 2.05. The summed E-state index contributed by atoms with van der Waals surface area (Å²) in [6.07, 6.45) is 0. The molecule has 0 saturated heterocycles. The molecule has 60 valence electrons. The molecule has 0 radical (unpaired) electrons. The van der Waals surface area contributed by atoms with Gasteiger partial charge in [-0.1, -0.05) is 0 Å². The van der Waals surface area contributed by atoms with Crippen molar-refractivity contribution >= 4 is 5.69 Å². The van der Waals surface area contributed by atoms with Crippen LogP contribution >= 0.6 is 0 Å². The lowest BCUT2D eigenvalue weighted by Gasteiger charge is -2.00. The highest BCUT2D eigenvalue weighted by atomic mass is 16.3. The molecule has 0 fully saturated rings. The fourth-order valence-corrected chi connectivity index (χ4v) is 0.796. The molecule has 1 aromatic rings. The van der Waals surface area contributed by atoms with Crippen LogP contribution < -0.4 is 10.9 Å². The van der Waals surface area contributed by atoms with Crippen molar-refractivity contribution in [3.63, 3.8) is 0 Å². The van der Waals surface area contributed by atoms with Crippen molar-refractivity contribution in [1.82, 2.24) is 9.97 Å². The van der Waals surface area contributed by atoms with E-state index >= 15 is 0 Å². The molecular weight excluding hydrogens is 146 g/mol. The van der Waals surface area contributed by atoms with Gasteiger partial charge in [0, 0.05) is 7.05 Å². The first-order valence-corrected chi connectivity index (χ1v) is 3.12. The first-order chi connectivity index (χ1) is 5.15. The van der Waals surface area contributed by atoms with Crippen molar-refractivity contribution in [2.24, 2.45) is 0 Å². The predicted molar refractivity (Wildman–Crippen MR) is 40.8 cm³/mol. The van der Waals surface area contributed by atoms with E-state index in [0.29, 0.717) is 5.82 Å². The Hall–Kier alpha value is -1.52. The minimum absolute atomic E-state index is 0.0931. The van der Waals surface area contributed by atoms with E-state index in [4.69, 9.17) is 5.11 Å². The van der Waals surface area contributed by atoms with E-state index in [1.54, 1.807) is 14.0 Å². The Kier molecular flexibility index (Phi) is 1.80. The Morgan fingerprint density at radius 2 is 2.27 bits per heavy atom. The molecule has 0 aliphatic rings. The predicted octanol–water partition coefficient (Wildman–Crippen LogP) is -0.174. The van der Waals surface area contributed by atoms with Crippen molar-refractivity contribution in [3.05, 3.63) is 16.2 Å². The molecule has 0 unspecified atom stereocenters. The number of aromatic nitrogens is 2. The third-order valence-corrected chi connectivity index (χ3v) is 1.27. The molecular formula is C6H9N3O2. The molecule has 0 bridgehead atoms. The van der Waals surface area contributed by atoms with E-state index in [1.165, 1.54) is 0 Å². The Balaban J connectivity index is 3.37. The number of hydrogen-bond acceptors (Lipinski definition) is 4. The molecule has 0 spiro atoms. The molecule has 3 N–H and O–H groups in total. The second-order valence-corrected chi connectivity index (χ2v) is 2.10. The highest BCUT2D eigenvalue weighted by Crippen LogP contribution is 2.11. The molecule has 1 heterocycles. The Labute approximate surface area is 63.1 Å². The van der Waals surface area contributed by atoms with Crippen LogP contribution in [0.25, 0.3) is 0 Å². The van der Waals surface area contributed by atoms with Gasteiger partial charge in [0.1, 0.15) is 5.82 Å². The van der Waals surface area contributed by atoms with Gasteiger partial charge in [-0.2, -0.15) is 4.98 Å². The lowest BCUT2D eigenvalue weighted by Crippen LogP contribution is -2.14. The smallest absolute Gasteiger partial charge is 0.278 e. The van der Waals surface area contributed by atoms with Gasteiger partial charge < -0.3 is 15.4 Å². The molecule has 0 atom stereocenters. The van der Waals surface area contributed by atoms with Crippen molar-refractivity contribution in [1.29, 1.82) is 0 Å². The maximum absolute atomic E-state index is 11.0. The lowest BCUT2D eigenvalue weighted by molar-refractivity contribution is 0.451. The molecule has 1 rings (SSSR count). The lowest BCUT2D eigenvalue weighted by atomic mass is 10.5. The second kappa shape index (κ2) is 2.61. The fourth-order valence-electron chi connectivity index (χ4n) is 0.796. The number of hydrogen-bond donors (Lipinski definition) is 3.